The fourth-order valence-corrected chi connectivity index (χ4v) is 1.42. The second-order valence-electron chi connectivity index (χ2n) is 3.12. The maximum Gasteiger partial charge on any atom is 0.0163 e. The Kier molecular flexibility index (Phi) is 4.29. The van der Waals surface area contributed by atoms with Crippen molar-refractivity contribution in [3.8, 4) is 0 Å². The largest absolute Gasteiger partial charge is 0.300 e. The van der Waals surface area contributed by atoms with Gasteiger partial charge in [0.25, 0.3) is 0 Å². The number of rotatable bonds is 4. The molecule has 1 heterocycles. The van der Waals surface area contributed by atoms with E-state index in [-0.39, 0.29) is 0 Å². The van der Waals surface area contributed by atoms with Crippen molar-refractivity contribution in [2.24, 2.45) is 0 Å². The molecule has 11 heavy (non-hydrogen) atoms. The zero-order valence-electron chi connectivity index (χ0n) is 7.26. The molecule has 0 saturated carbocycles. The molecule has 0 amide bonds. The molecule has 0 unspecified atom stereocenters. The lowest BCUT2D eigenvalue weighted by molar-refractivity contribution is 0.377. The average Bonchev–Trinajstić information content (AvgIpc) is 2.50. The highest BCUT2D eigenvalue weighted by atomic mass is 15.1. The molecule has 0 aromatic rings. The van der Waals surface area contributed by atoms with Gasteiger partial charge in [0, 0.05) is 6.54 Å². The van der Waals surface area contributed by atoms with Crippen molar-refractivity contribution in [1.29, 1.82) is 0 Å². The van der Waals surface area contributed by atoms with E-state index in [4.69, 9.17) is 0 Å². The van der Waals surface area contributed by atoms with Gasteiger partial charge in [0.2, 0.25) is 0 Å². The van der Waals surface area contributed by atoms with Gasteiger partial charge in [-0.3, -0.25) is 4.90 Å². The highest BCUT2D eigenvalue weighted by Gasteiger charge is 2.08. The van der Waals surface area contributed by atoms with Gasteiger partial charge in [-0.15, -0.1) is 0 Å². The maximum absolute atomic E-state index is 3.79. The van der Waals surface area contributed by atoms with E-state index < -0.39 is 0 Å². The van der Waals surface area contributed by atoms with E-state index in [0.717, 1.165) is 19.4 Å². The molecule has 1 rings (SSSR count). The van der Waals surface area contributed by atoms with Crippen LogP contribution in [0, 0.1) is 6.92 Å². The molecule has 0 N–H and O–H groups in total. The molecule has 1 heteroatoms. The SMILES string of the molecule is [CH2]CC/C=C/CN1CCCC1. The van der Waals surface area contributed by atoms with Gasteiger partial charge in [0.15, 0.2) is 0 Å². The van der Waals surface area contributed by atoms with Crippen LogP contribution in [0.25, 0.3) is 0 Å². The zero-order chi connectivity index (χ0) is 7.94. The summed E-state index contributed by atoms with van der Waals surface area (Å²) in [6, 6.07) is 0. The second kappa shape index (κ2) is 5.36. The molecule has 0 spiro atoms. The third kappa shape index (κ3) is 3.57. The van der Waals surface area contributed by atoms with Gasteiger partial charge in [0.05, 0.1) is 0 Å². The van der Waals surface area contributed by atoms with Gasteiger partial charge in [-0.2, -0.15) is 0 Å². The van der Waals surface area contributed by atoms with Crippen molar-refractivity contribution in [3.63, 3.8) is 0 Å². The lowest BCUT2D eigenvalue weighted by Gasteiger charge is -2.10. The molecule has 0 aromatic heterocycles. The Hall–Kier alpha value is -0.300. The molecule has 0 aromatic carbocycles. The van der Waals surface area contributed by atoms with Gasteiger partial charge in [0.1, 0.15) is 0 Å². The maximum atomic E-state index is 3.79. The number of hydrogen-bond donors (Lipinski definition) is 0. The summed E-state index contributed by atoms with van der Waals surface area (Å²) in [5, 5.41) is 0. The first-order chi connectivity index (χ1) is 5.43. The van der Waals surface area contributed by atoms with Crippen molar-refractivity contribution in [3.05, 3.63) is 19.1 Å². The predicted octanol–water partition coefficient (Wildman–Crippen LogP) is 2.25. The van der Waals surface area contributed by atoms with Crippen LogP contribution >= 0.6 is 0 Å². The fourth-order valence-electron chi connectivity index (χ4n) is 1.42. The quantitative estimate of drug-likeness (QED) is 0.558. The van der Waals surface area contributed by atoms with Gasteiger partial charge in [-0.1, -0.05) is 19.1 Å². The van der Waals surface area contributed by atoms with Crippen LogP contribution in [0.2, 0.25) is 0 Å². The third-order valence-corrected chi connectivity index (χ3v) is 2.10. The summed E-state index contributed by atoms with van der Waals surface area (Å²) < 4.78 is 0. The first-order valence-corrected chi connectivity index (χ1v) is 4.60. The van der Waals surface area contributed by atoms with Crippen LogP contribution in [-0.2, 0) is 0 Å². The van der Waals surface area contributed by atoms with Gasteiger partial charge >= 0.3 is 0 Å². The Morgan fingerprint density at radius 1 is 1.18 bits per heavy atom. The van der Waals surface area contributed by atoms with Crippen LogP contribution in [0.3, 0.4) is 0 Å². The standard InChI is InChI=1S/C10H18N/c1-2-3-4-5-8-11-9-6-7-10-11/h4-5H,1-3,6-10H2/b5-4+. The van der Waals surface area contributed by atoms with Crippen molar-refractivity contribution < 1.29 is 0 Å². The summed E-state index contributed by atoms with van der Waals surface area (Å²) in [5.41, 5.74) is 0. The molecular weight excluding hydrogens is 134 g/mol. The van der Waals surface area contributed by atoms with Crippen molar-refractivity contribution in [1.82, 2.24) is 4.90 Å². The van der Waals surface area contributed by atoms with Gasteiger partial charge in [-0.05, 0) is 38.8 Å². The lowest BCUT2D eigenvalue weighted by atomic mass is 10.3. The van der Waals surface area contributed by atoms with Crippen molar-refractivity contribution >= 4 is 0 Å². The van der Waals surface area contributed by atoms with E-state index in [2.05, 4.69) is 24.0 Å². The monoisotopic (exact) mass is 152 g/mol. The molecule has 1 fully saturated rings. The summed E-state index contributed by atoms with van der Waals surface area (Å²) in [4.78, 5) is 2.50. The van der Waals surface area contributed by atoms with Gasteiger partial charge < -0.3 is 0 Å². The topological polar surface area (TPSA) is 3.24 Å². The zero-order valence-corrected chi connectivity index (χ0v) is 7.26. The Morgan fingerprint density at radius 2 is 1.91 bits per heavy atom. The lowest BCUT2D eigenvalue weighted by Crippen LogP contribution is -2.18. The van der Waals surface area contributed by atoms with Crippen LogP contribution in [0.15, 0.2) is 12.2 Å². The van der Waals surface area contributed by atoms with E-state index in [9.17, 15) is 0 Å². The summed E-state index contributed by atoms with van der Waals surface area (Å²) >= 11 is 0. The number of likely N-dealkylation sites (tertiary alicyclic amines) is 1. The van der Waals surface area contributed by atoms with Gasteiger partial charge in [-0.25, -0.2) is 0 Å². The molecule has 1 aliphatic heterocycles. The smallest absolute Gasteiger partial charge is 0.0163 e. The first-order valence-electron chi connectivity index (χ1n) is 4.60. The number of nitrogens with zero attached hydrogens (tertiary/aromatic N) is 1. The van der Waals surface area contributed by atoms with Crippen LogP contribution in [0.1, 0.15) is 25.7 Å². The van der Waals surface area contributed by atoms with E-state index >= 15 is 0 Å². The Labute approximate surface area is 70.1 Å². The minimum atomic E-state index is 1.02. The Morgan fingerprint density at radius 3 is 2.55 bits per heavy atom. The average molecular weight is 152 g/mol. The Bertz CT molecular complexity index is 112. The number of hydrogen-bond acceptors (Lipinski definition) is 1. The molecule has 1 nitrogen and oxygen atoms in total. The van der Waals surface area contributed by atoms with Crippen LogP contribution in [0.5, 0.6) is 0 Å². The normalized spacial score (nSPS) is 20.1. The minimum Gasteiger partial charge on any atom is -0.300 e. The number of unbranched alkanes of at least 4 members (excludes halogenated alkanes) is 1. The molecule has 1 aliphatic rings. The molecule has 0 atom stereocenters. The minimum absolute atomic E-state index is 1.02. The third-order valence-electron chi connectivity index (χ3n) is 2.10. The first kappa shape index (κ1) is 8.79. The molecule has 0 aliphatic carbocycles. The molecule has 63 valence electrons. The molecule has 0 bridgehead atoms. The van der Waals surface area contributed by atoms with E-state index in [0.29, 0.717) is 0 Å². The predicted molar refractivity (Wildman–Crippen MR) is 49.4 cm³/mol. The van der Waals surface area contributed by atoms with E-state index in [1.807, 2.05) is 0 Å². The summed E-state index contributed by atoms with van der Waals surface area (Å²) in [5.74, 6) is 0. The van der Waals surface area contributed by atoms with Crippen molar-refractivity contribution in [2.75, 3.05) is 19.6 Å². The van der Waals surface area contributed by atoms with Crippen LogP contribution < -0.4 is 0 Å². The Balaban J connectivity index is 2.01. The summed E-state index contributed by atoms with van der Waals surface area (Å²) in [6.45, 7) is 7.54. The molecular formula is C10H18N. The van der Waals surface area contributed by atoms with E-state index in [1.54, 1.807) is 0 Å². The highest BCUT2D eigenvalue weighted by molar-refractivity contribution is 4.86. The highest BCUT2D eigenvalue weighted by Crippen LogP contribution is 2.06. The summed E-state index contributed by atoms with van der Waals surface area (Å²) in [6.07, 6.45) is 9.46. The van der Waals surface area contributed by atoms with Crippen LogP contribution in [-0.4, -0.2) is 24.5 Å². The van der Waals surface area contributed by atoms with Crippen molar-refractivity contribution in [2.45, 2.75) is 25.7 Å². The fraction of sp³-hybridized carbons (Fsp3) is 0.700. The number of allylic oxidation sites excluding steroid dienone is 1. The molecule has 1 radical (unpaired) electrons. The second-order valence-corrected chi connectivity index (χ2v) is 3.12. The molecule has 1 saturated heterocycles. The van der Waals surface area contributed by atoms with Crippen LogP contribution in [0.4, 0.5) is 0 Å². The van der Waals surface area contributed by atoms with E-state index in [1.165, 1.54) is 25.9 Å². The summed E-state index contributed by atoms with van der Waals surface area (Å²) in [7, 11) is 0.